The minimum Gasteiger partial charge on any atom is -0.466 e. The zero-order valence-electron chi connectivity index (χ0n) is 17.0. The lowest BCUT2D eigenvalue weighted by atomic mass is 9.94. The van der Waals surface area contributed by atoms with E-state index < -0.39 is 0 Å². The molecule has 3 rings (SSSR count). The van der Waals surface area contributed by atoms with E-state index in [1.165, 1.54) is 4.90 Å². The van der Waals surface area contributed by atoms with Gasteiger partial charge in [-0.1, -0.05) is 61.5 Å². The summed E-state index contributed by atoms with van der Waals surface area (Å²) in [6.45, 7) is 3.87. The Hall–Kier alpha value is -2.95. The van der Waals surface area contributed by atoms with E-state index in [4.69, 9.17) is 4.74 Å². The van der Waals surface area contributed by atoms with E-state index in [2.05, 4.69) is 12.1 Å². The van der Waals surface area contributed by atoms with Crippen molar-refractivity contribution in [3.63, 3.8) is 0 Å². The van der Waals surface area contributed by atoms with E-state index >= 15 is 0 Å². The number of imide groups is 1. The van der Waals surface area contributed by atoms with Crippen LogP contribution in [0.25, 0.3) is 11.1 Å². The maximum absolute atomic E-state index is 12.3. The summed E-state index contributed by atoms with van der Waals surface area (Å²) in [4.78, 5) is 38.1. The van der Waals surface area contributed by atoms with E-state index in [1.54, 1.807) is 13.8 Å². The summed E-state index contributed by atoms with van der Waals surface area (Å²) < 4.78 is 5.11. The van der Waals surface area contributed by atoms with Gasteiger partial charge in [-0.3, -0.25) is 19.3 Å². The number of hydrogen-bond acceptors (Lipinski definition) is 4. The van der Waals surface area contributed by atoms with Crippen molar-refractivity contribution in [2.75, 3.05) is 6.61 Å². The van der Waals surface area contributed by atoms with Gasteiger partial charge in [-0.15, -0.1) is 0 Å². The van der Waals surface area contributed by atoms with Gasteiger partial charge in [0.2, 0.25) is 11.8 Å². The average Bonchev–Trinajstić information content (AvgIpc) is 3.07. The quantitative estimate of drug-likeness (QED) is 0.502. The second kappa shape index (κ2) is 9.50. The number of benzene rings is 2. The van der Waals surface area contributed by atoms with Gasteiger partial charge in [-0.2, -0.15) is 0 Å². The summed E-state index contributed by atoms with van der Waals surface area (Å²) >= 11 is 0. The smallest absolute Gasteiger partial charge is 0.308 e. The molecule has 1 saturated heterocycles. The van der Waals surface area contributed by atoms with Crippen LogP contribution in [0.2, 0.25) is 0 Å². The van der Waals surface area contributed by atoms with Crippen LogP contribution in [0, 0.1) is 5.92 Å². The fourth-order valence-corrected chi connectivity index (χ4v) is 3.81. The SMILES string of the molecule is CCOC(=O)[C@H](C)C[C@@H](Cc1ccc(-c2ccccc2)cc1)N1C(=O)CCC1=O. The van der Waals surface area contributed by atoms with Gasteiger partial charge >= 0.3 is 5.97 Å². The first kappa shape index (κ1) is 20.8. The molecule has 0 radical (unpaired) electrons. The minimum atomic E-state index is -0.384. The topological polar surface area (TPSA) is 63.7 Å². The molecular formula is C24H27NO4. The second-order valence-electron chi connectivity index (χ2n) is 7.47. The zero-order chi connectivity index (χ0) is 20.8. The molecule has 1 fully saturated rings. The molecule has 29 heavy (non-hydrogen) atoms. The molecule has 2 aromatic rings. The highest BCUT2D eigenvalue weighted by atomic mass is 16.5. The van der Waals surface area contributed by atoms with Crippen molar-refractivity contribution in [2.24, 2.45) is 5.92 Å². The number of amides is 2. The first-order chi connectivity index (χ1) is 14.0. The van der Waals surface area contributed by atoms with Crippen molar-refractivity contribution < 1.29 is 19.1 Å². The number of carbonyl (C=O) groups excluding carboxylic acids is 3. The van der Waals surface area contributed by atoms with E-state index in [0.29, 0.717) is 19.4 Å². The van der Waals surface area contributed by atoms with Crippen LogP contribution in [0.3, 0.4) is 0 Å². The molecular weight excluding hydrogens is 366 g/mol. The summed E-state index contributed by atoms with van der Waals surface area (Å²) in [6.07, 6.45) is 1.42. The Morgan fingerprint density at radius 2 is 1.55 bits per heavy atom. The highest BCUT2D eigenvalue weighted by Crippen LogP contribution is 2.25. The van der Waals surface area contributed by atoms with Crippen LogP contribution in [0.15, 0.2) is 54.6 Å². The van der Waals surface area contributed by atoms with E-state index in [9.17, 15) is 14.4 Å². The molecule has 0 saturated carbocycles. The lowest BCUT2D eigenvalue weighted by molar-refractivity contribution is -0.150. The van der Waals surface area contributed by atoms with Gasteiger partial charge in [-0.05, 0) is 36.5 Å². The third kappa shape index (κ3) is 5.11. The Bertz CT molecular complexity index is 844. The zero-order valence-corrected chi connectivity index (χ0v) is 17.0. The van der Waals surface area contributed by atoms with Gasteiger partial charge in [0.05, 0.1) is 12.5 Å². The van der Waals surface area contributed by atoms with Crippen LogP contribution in [0.5, 0.6) is 0 Å². The van der Waals surface area contributed by atoms with Gasteiger partial charge in [0.25, 0.3) is 0 Å². The standard InChI is InChI=1S/C24H27NO4/c1-3-29-24(28)17(2)15-21(25-22(26)13-14-23(25)27)16-18-9-11-20(12-10-18)19-7-5-4-6-8-19/h4-12,17,21H,3,13-16H2,1-2H3/t17-,21+/m1/s1. The summed E-state index contributed by atoms with van der Waals surface area (Å²) in [6, 6.07) is 17.9. The monoisotopic (exact) mass is 393 g/mol. The molecule has 0 spiro atoms. The highest BCUT2D eigenvalue weighted by Gasteiger charge is 2.36. The minimum absolute atomic E-state index is 0.156. The predicted octanol–water partition coefficient (Wildman–Crippen LogP) is 4.00. The summed E-state index contributed by atoms with van der Waals surface area (Å²) in [5, 5.41) is 0. The highest BCUT2D eigenvalue weighted by molar-refractivity contribution is 6.02. The molecule has 152 valence electrons. The fraction of sp³-hybridized carbons (Fsp3) is 0.375. The second-order valence-corrected chi connectivity index (χ2v) is 7.47. The molecule has 0 unspecified atom stereocenters. The number of hydrogen-bond donors (Lipinski definition) is 0. The van der Waals surface area contributed by atoms with E-state index in [0.717, 1.165) is 16.7 Å². The molecule has 2 amide bonds. The molecule has 5 nitrogen and oxygen atoms in total. The number of carbonyl (C=O) groups is 3. The first-order valence-corrected chi connectivity index (χ1v) is 10.2. The van der Waals surface area contributed by atoms with Crippen LogP contribution < -0.4 is 0 Å². The molecule has 0 aliphatic carbocycles. The molecule has 0 bridgehead atoms. The van der Waals surface area contributed by atoms with Crippen LogP contribution >= 0.6 is 0 Å². The van der Waals surface area contributed by atoms with Gasteiger partial charge in [0, 0.05) is 18.9 Å². The Morgan fingerprint density at radius 1 is 0.966 bits per heavy atom. The Kier molecular flexibility index (Phi) is 6.81. The van der Waals surface area contributed by atoms with Gasteiger partial charge in [-0.25, -0.2) is 0 Å². The molecule has 2 atom stereocenters. The summed E-state index contributed by atoms with van der Waals surface area (Å²) in [5.74, 6) is -0.991. The molecule has 1 heterocycles. The number of ether oxygens (including phenoxy) is 1. The van der Waals surface area contributed by atoms with Crippen LogP contribution in [0.1, 0.15) is 38.7 Å². The third-order valence-electron chi connectivity index (χ3n) is 5.30. The van der Waals surface area contributed by atoms with Crippen LogP contribution in [-0.4, -0.2) is 35.3 Å². The first-order valence-electron chi connectivity index (χ1n) is 10.2. The average molecular weight is 393 g/mol. The molecule has 1 aliphatic rings. The normalized spacial score (nSPS) is 16.0. The van der Waals surface area contributed by atoms with Crippen molar-refractivity contribution in [2.45, 2.75) is 45.6 Å². The summed E-state index contributed by atoms with van der Waals surface area (Å²) in [5.41, 5.74) is 3.27. The Balaban J connectivity index is 1.78. The van der Waals surface area contributed by atoms with Gasteiger partial charge in [0.15, 0.2) is 0 Å². The van der Waals surface area contributed by atoms with Crippen molar-refractivity contribution >= 4 is 17.8 Å². The van der Waals surface area contributed by atoms with Gasteiger partial charge in [0.1, 0.15) is 0 Å². The third-order valence-corrected chi connectivity index (χ3v) is 5.30. The maximum atomic E-state index is 12.3. The van der Waals surface area contributed by atoms with E-state index in [-0.39, 0.29) is 42.6 Å². The van der Waals surface area contributed by atoms with Crippen LogP contribution in [-0.2, 0) is 25.5 Å². The predicted molar refractivity (Wildman–Crippen MR) is 111 cm³/mol. The lowest BCUT2D eigenvalue weighted by Gasteiger charge is -2.28. The maximum Gasteiger partial charge on any atom is 0.308 e. The summed E-state index contributed by atoms with van der Waals surface area (Å²) in [7, 11) is 0. The molecule has 2 aromatic carbocycles. The molecule has 0 aromatic heterocycles. The number of nitrogens with zero attached hydrogens (tertiary/aromatic N) is 1. The number of likely N-dealkylation sites (tertiary alicyclic amines) is 1. The fourth-order valence-electron chi connectivity index (χ4n) is 3.81. The largest absolute Gasteiger partial charge is 0.466 e. The van der Waals surface area contributed by atoms with Gasteiger partial charge < -0.3 is 4.74 Å². The lowest BCUT2D eigenvalue weighted by Crippen LogP contribution is -2.42. The number of rotatable bonds is 8. The molecule has 0 N–H and O–H groups in total. The van der Waals surface area contributed by atoms with Crippen molar-refractivity contribution in [1.82, 2.24) is 4.90 Å². The molecule has 5 heteroatoms. The van der Waals surface area contributed by atoms with Crippen molar-refractivity contribution in [1.29, 1.82) is 0 Å². The van der Waals surface area contributed by atoms with Crippen molar-refractivity contribution in [3.8, 4) is 11.1 Å². The Morgan fingerprint density at radius 3 is 2.14 bits per heavy atom. The number of esters is 1. The van der Waals surface area contributed by atoms with E-state index in [1.807, 2.05) is 42.5 Å². The molecule has 1 aliphatic heterocycles. The van der Waals surface area contributed by atoms with Crippen molar-refractivity contribution in [3.05, 3.63) is 60.2 Å². The Labute approximate surface area is 171 Å². The van der Waals surface area contributed by atoms with Crippen LogP contribution in [0.4, 0.5) is 0 Å².